The number of aromatic nitrogens is 6. The predicted octanol–water partition coefficient (Wildman–Crippen LogP) is 8.34. The van der Waals surface area contributed by atoms with Crippen molar-refractivity contribution in [1.29, 1.82) is 0 Å². The Morgan fingerprint density at radius 3 is 1.36 bits per heavy atom. The minimum absolute atomic E-state index is 0. The molecular formula is C45H50Cl2N12O2. The smallest absolute Gasteiger partial charge is 0.269 e. The molecule has 8 aromatic rings. The molecule has 6 N–H and O–H groups in total. The van der Waals surface area contributed by atoms with E-state index in [1.807, 2.05) is 118 Å². The number of nitrogens with one attached hydrogen (secondary N) is 2. The Labute approximate surface area is 365 Å². The fourth-order valence-electron chi connectivity index (χ4n) is 5.45. The van der Waals surface area contributed by atoms with E-state index < -0.39 is 5.24 Å². The molecule has 0 aliphatic rings. The van der Waals surface area contributed by atoms with Crippen molar-refractivity contribution in [1.82, 2.24) is 40.8 Å². The van der Waals surface area contributed by atoms with Crippen LogP contribution in [0.3, 0.4) is 0 Å². The normalized spacial score (nSPS) is 9.87. The Morgan fingerprint density at radius 2 is 0.918 bits per heavy atom. The first-order chi connectivity index (χ1) is 28.8. The lowest BCUT2D eigenvalue weighted by Gasteiger charge is -2.21. The van der Waals surface area contributed by atoms with Gasteiger partial charge in [0.25, 0.3) is 11.1 Å². The van der Waals surface area contributed by atoms with Gasteiger partial charge < -0.3 is 0 Å². The molecule has 16 heteroatoms. The molecule has 0 spiro atoms. The van der Waals surface area contributed by atoms with Crippen molar-refractivity contribution in [3.8, 4) is 0 Å². The number of nitrogens with two attached hydrogens (primary N) is 2. The first-order valence-electron chi connectivity index (χ1n) is 18.4. The second kappa shape index (κ2) is 24.4. The average molecular weight is 862 g/mol. The van der Waals surface area contributed by atoms with E-state index in [0.29, 0.717) is 33.7 Å². The molecular weight excluding hydrogens is 811 g/mol. The summed E-state index contributed by atoms with van der Waals surface area (Å²) >= 11 is 11.1. The summed E-state index contributed by atoms with van der Waals surface area (Å²) in [6, 6.07) is 41.1. The second-order valence-corrected chi connectivity index (χ2v) is 13.4. The maximum atomic E-state index is 12.3. The molecule has 8 rings (SSSR count). The summed E-state index contributed by atoms with van der Waals surface area (Å²) in [5.41, 5.74) is 8.90. The number of hydrazine groups is 3. The van der Waals surface area contributed by atoms with Crippen LogP contribution in [0.15, 0.2) is 133 Å². The molecule has 0 saturated carbocycles. The molecule has 5 aromatic carbocycles. The summed E-state index contributed by atoms with van der Waals surface area (Å²) in [7, 11) is 5.20. The molecule has 0 aliphatic heterocycles. The lowest BCUT2D eigenvalue weighted by atomic mass is 10.2. The van der Waals surface area contributed by atoms with Crippen molar-refractivity contribution >= 4 is 78.7 Å². The van der Waals surface area contributed by atoms with Gasteiger partial charge in [-0.3, -0.25) is 36.3 Å². The highest BCUT2D eigenvalue weighted by Crippen LogP contribution is 2.23. The van der Waals surface area contributed by atoms with Crippen molar-refractivity contribution in [2.45, 2.75) is 28.2 Å². The highest BCUT2D eigenvalue weighted by Gasteiger charge is 2.13. The van der Waals surface area contributed by atoms with Gasteiger partial charge in [-0.1, -0.05) is 104 Å². The van der Waals surface area contributed by atoms with Gasteiger partial charge >= 0.3 is 0 Å². The monoisotopic (exact) mass is 860 g/mol. The zero-order valence-electron chi connectivity index (χ0n) is 34.0. The molecule has 0 radical (unpaired) electrons. The topological polar surface area (TPSA) is 194 Å². The number of halogens is 2. The fourth-order valence-corrected chi connectivity index (χ4v) is 5.85. The van der Waals surface area contributed by atoms with E-state index in [9.17, 15) is 9.59 Å². The molecule has 14 nitrogen and oxygen atoms in total. The molecule has 3 heterocycles. The number of rotatable bonds is 5. The molecule has 0 unspecified atom stereocenters. The number of hydrogen-bond acceptors (Lipinski definition) is 13. The number of aryl methyl sites for hydroxylation is 3. The third-order valence-corrected chi connectivity index (χ3v) is 8.52. The van der Waals surface area contributed by atoms with E-state index >= 15 is 0 Å². The average Bonchev–Trinajstić information content (AvgIpc) is 3.24. The maximum Gasteiger partial charge on any atom is 0.269 e. The van der Waals surface area contributed by atoms with E-state index in [0.717, 1.165) is 44.4 Å². The largest absolute Gasteiger partial charge is 0.297 e. The van der Waals surface area contributed by atoms with Crippen LogP contribution in [0, 0.1) is 20.8 Å². The van der Waals surface area contributed by atoms with Crippen molar-refractivity contribution < 1.29 is 9.59 Å². The third-order valence-electron chi connectivity index (χ3n) is 8.02. The highest BCUT2D eigenvalue weighted by molar-refractivity contribution is 6.67. The van der Waals surface area contributed by atoms with E-state index in [1.165, 1.54) is 5.01 Å². The minimum Gasteiger partial charge on any atom is -0.297 e. The van der Waals surface area contributed by atoms with E-state index in [1.54, 1.807) is 62.6 Å². The number of para-hydroxylation sites is 3. The number of nitrogens with zero attached hydrogens (tertiary/aromatic N) is 8. The molecule has 0 aliphatic carbocycles. The summed E-state index contributed by atoms with van der Waals surface area (Å²) in [5.74, 6) is 13.6. The molecule has 0 saturated heterocycles. The molecule has 3 aromatic heterocycles. The molecule has 0 fully saturated rings. The van der Waals surface area contributed by atoms with Crippen LogP contribution >= 0.6 is 23.2 Å². The van der Waals surface area contributed by atoms with Crippen LogP contribution in [0.5, 0.6) is 0 Å². The number of amides is 1. The van der Waals surface area contributed by atoms with Crippen LogP contribution in [-0.4, -0.2) is 62.2 Å². The lowest BCUT2D eigenvalue weighted by molar-refractivity contribution is 0.0950. The van der Waals surface area contributed by atoms with Crippen molar-refractivity contribution in [2.75, 3.05) is 31.2 Å². The van der Waals surface area contributed by atoms with Crippen LogP contribution in [0.25, 0.3) is 32.7 Å². The van der Waals surface area contributed by atoms with Gasteiger partial charge in [0.15, 0.2) is 11.6 Å². The standard InChI is InChI=1S/C17H16N4O.C10H12N4.C9H7ClN2.C7H5ClO.CH6N2.CH4/c1-12-18-15-11-7-6-10-14(15)16(19-12)21(2)20-17(22)13-8-4-3-5-9-13;1-7-12-9-6-4-3-5-8(9)10(13-7)14(2)11;1-6-11-8-5-3-2-4-7(8)9(10)12-6;8-7(9)6-4-2-1-3-5-6;1-3-2;/h3-11H,1-2H3,(H,20,22);3-6H,11H2,1-2H3;2-5H,1H3;1-5H;3H,2H2,1H3;1H4. The van der Waals surface area contributed by atoms with Crippen LogP contribution in [0.1, 0.15) is 45.6 Å². The van der Waals surface area contributed by atoms with Crippen molar-refractivity contribution in [3.63, 3.8) is 0 Å². The van der Waals surface area contributed by atoms with Gasteiger partial charge in [-0.25, -0.2) is 35.7 Å². The number of benzene rings is 5. The van der Waals surface area contributed by atoms with Crippen LogP contribution in [0.2, 0.25) is 5.15 Å². The molecule has 0 atom stereocenters. The first kappa shape index (κ1) is 48.7. The van der Waals surface area contributed by atoms with Gasteiger partial charge in [-0.05, 0) is 88.0 Å². The lowest BCUT2D eigenvalue weighted by Crippen LogP contribution is -2.40. The Hall–Kier alpha value is -6.68. The number of carbonyl (C=O) groups excluding carboxylic acids is 2. The Bertz CT molecular complexity index is 2640. The second-order valence-electron chi connectivity index (χ2n) is 12.7. The molecule has 61 heavy (non-hydrogen) atoms. The van der Waals surface area contributed by atoms with Gasteiger partial charge in [-0.2, -0.15) is 0 Å². The number of hydrogen-bond donors (Lipinski definition) is 4. The van der Waals surface area contributed by atoms with Crippen LogP contribution in [0.4, 0.5) is 11.6 Å². The zero-order valence-corrected chi connectivity index (χ0v) is 35.5. The molecule has 0 bridgehead atoms. The summed E-state index contributed by atoms with van der Waals surface area (Å²) < 4.78 is 0. The minimum atomic E-state index is -0.407. The van der Waals surface area contributed by atoms with E-state index in [4.69, 9.17) is 29.0 Å². The quantitative estimate of drug-likeness (QED) is 0.0559. The predicted molar refractivity (Wildman–Crippen MR) is 249 cm³/mol. The number of anilines is 2. The Kier molecular flexibility index (Phi) is 19.5. The van der Waals surface area contributed by atoms with Gasteiger partial charge in [0.2, 0.25) is 0 Å². The van der Waals surface area contributed by atoms with Gasteiger partial charge in [0.05, 0.1) is 16.6 Å². The summed E-state index contributed by atoms with van der Waals surface area (Å²) in [6.45, 7) is 5.53. The molecule has 1 amide bonds. The van der Waals surface area contributed by atoms with E-state index in [2.05, 4.69) is 46.6 Å². The van der Waals surface area contributed by atoms with Crippen molar-refractivity contribution in [2.24, 2.45) is 11.7 Å². The number of carbonyl (C=O) groups is 2. The molecule has 316 valence electrons. The fraction of sp³-hybridized carbons (Fsp3) is 0.156. The Morgan fingerprint density at radius 1 is 0.557 bits per heavy atom. The summed E-state index contributed by atoms with van der Waals surface area (Å²) in [5, 5.41) is 6.04. The number of fused-ring (bicyclic) bond motifs is 3. The van der Waals surface area contributed by atoms with Gasteiger partial charge in [0, 0.05) is 41.4 Å². The summed E-state index contributed by atoms with van der Waals surface area (Å²) in [6.07, 6.45) is 0. The van der Waals surface area contributed by atoms with Gasteiger partial charge in [0.1, 0.15) is 22.6 Å². The van der Waals surface area contributed by atoms with Crippen molar-refractivity contribution in [3.05, 3.63) is 167 Å². The van der Waals surface area contributed by atoms with E-state index in [-0.39, 0.29) is 13.3 Å². The van der Waals surface area contributed by atoms with Crippen LogP contribution in [-0.2, 0) is 0 Å². The highest BCUT2D eigenvalue weighted by atomic mass is 35.5. The summed E-state index contributed by atoms with van der Waals surface area (Å²) in [4.78, 5) is 48.4. The Balaban J connectivity index is 0.000000222. The maximum absolute atomic E-state index is 12.3. The zero-order chi connectivity index (χ0) is 43.6. The SMILES string of the molecule is C.CNN.Cc1nc(Cl)c2ccccc2n1.Cc1nc(N(C)N)c2ccccc2n1.Cc1nc(N(C)NC(=O)c2ccccc2)c2ccccc2n1.O=C(Cl)c1ccccc1. The van der Waals surface area contributed by atoms with Crippen LogP contribution < -0.4 is 32.6 Å². The third kappa shape index (κ3) is 14.5. The van der Waals surface area contributed by atoms with Gasteiger partial charge in [-0.15, -0.1) is 0 Å². The first-order valence-corrected chi connectivity index (χ1v) is 19.1.